The monoisotopic (exact) mass is 788 g/mol. The first kappa shape index (κ1) is 41.6. The fourth-order valence-electron chi connectivity index (χ4n) is 5.87. The van der Waals surface area contributed by atoms with Crippen molar-refractivity contribution in [1.82, 2.24) is 29.9 Å². The molecule has 0 aliphatic heterocycles. The van der Waals surface area contributed by atoms with Crippen LogP contribution in [0.15, 0.2) is 89.4 Å². The minimum absolute atomic E-state index is 0. The summed E-state index contributed by atoms with van der Waals surface area (Å²) < 4.78 is 47.5. The molecule has 0 spiro atoms. The second-order valence-electron chi connectivity index (χ2n) is 12.4. The van der Waals surface area contributed by atoms with Gasteiger partial charge in [-0.05, 0) is 68.6 Å². The van der Waals surface area contributed by atoms with Crippen LogP contribution in [0.4, 0.5) is 0 Å². The molecule has 15 heteroatoms. The normalized spacial score (nSPS) is 12.0. The quantitative estimate of drug-likeness (QED) is 0.179. The van der Waals surface area contributed by atoms with Gasteiger partial charge in [-0.25, -0.2) is 4.98 Å². The number of nitrogens with zero attached hydrogens (tertiary/aromatic N) is 5. The maximum Gasteiger partial charge on any atom is 1.00 e. The van der Waals surface area contributed by atoms with Gasteiger partial charge in [0, 0.05) is 45.9 Å². The zero-order chi connectivity index (χ0) is 38.4. The van der Waals surface area contributed by atoms with Crippen LogP contribution >= 0.6 is 0 Å². The van der Waals surface area contributed by atoms with E-state index in [4.69, 9.17) is 18.9 Å². The third-order valence-electron chi connectivity index (χ3n) is 8.75. The van der Waals surface area contributed by atoms with Gasteiger partial charge in [-0.2, -0.15) is 0 Å². The van der Waals surface area contributed by atoms with Crippen LogP contribution in [0.5, 0.6) is 23.0 Å². The van der Waals surface area contributed by atoms with Crippen molar-refractivity contribution in [2.75, 3.05) is 21.3 Å². The molecule has 4 aromatic heterocycles. The molecule has 1 N–H and O–H groups in total. The van der Waals surface area contributed by atoms with Crippen molar-refractivity contribution >= 4 is 43.7 Å². The molecule has 55 heavy (non-hydrogen) atoms. The number of methoxy groups -OCH3 is 3. The molecule has 0 bridgehead atoms. The summed E-state index contributed by atoms with van der Waals surface area (Å²) in [7, 11) is 2.10. The average Bonchev–Trinajstić information content (AvgIpc) is 3.82. The molecule has 7 aromatic rings. The van der Waals surface area contributed by atoms with E-state index in [1.807, 2.05) is 76.2 Å². The summed E-state index contributed by atoms with van der Waals surface area (Å²) >= 11 is 0. The van der Waals surface area contributed by atoms with Gasteiger partial charge in [0.15, 0.2) is 5.16 Å². The van der Waals surface area contributed by atoms with E-state index >= 15 is 0 Å². The number of hydrogen-bond acceptors (Lipinski definition) is 10. The summed E-state index contributed by atoms with van der Waals surface area (Å²) in [6.07, 6.45) is 3.47. The Kier molecular flexibility index (Phi) is 14.2. The Bertz CT molecular complexity index is 2470. The predicted octanol–water partition coefficient (Wildman–Crippen LogP) is 4.00. The van der Waals surface area contributed by atoms with Crippen LogP contribution in [-0.4, -0.2) is 54.7 Å². The number of nitrogens with one attached hydrogen (secondary N) is 1. The number of H-pyrrole nitrogens is 1. The Hall–Kier alpha value is -4.60. The summed E-state index contributed by atoms with van der Waals surface area (Å²) in [5.41, 5.74) is 9.16. The molecule has 0 fully saturated rings. The van der Waals surface area contributed by atoms with Crippen LogP contribution in [0.3, 0.4) is 0 Å². The van der Waals surface area contributed by atoms with E-state index < -0.39 is 21.6 Å². The number of aryl methyl sites for hydroxylation is 2. The molecule has 0 radical (unpaired) electrons. The number of pyridine rings is 2. The van der Waals surface area contributed by atoms with Crippen molar-refractivity contribution in [2.45, 2.75) is 56.1 Å². The third-order valence-corrected chi connectivity index (χ3v) is 11.0. The van der Waals surface area contributed by atoms with Gasteiger partial charge < -0.3 is 33.9 Å². The zero-order valence-electron chi connectivity index (χ0n) is 32.1. The SMILES string of the molecule is COc1c(C)cnc(CS(=O)c2nc3ccc(OCc4ccccc4)cc3[nH]2)c1C.COc1ccc2[n-]c(S(=O)Cc3ncc(C)c(OC)c3C)nc2c1.[Na+]. The number of ether oxygens (including phenoxy) is 4. The van der Waals surface area contributed by atoms with E-state index in [1.54, 1.807) is 51.9 Å². The Balaban J connectivity index is 0.000000212. The van der Waals surface area contributed by atoms with Crippen LogP contribution in [0.1, 0.15) is 39.2 Å². The predicted molar refractivity (Wildman–Crippen MR) is 209 cm³/mol. The van der Waals surface area contributed by atoms with Gasteiger partial charge in [0.1, 0.15) is 29.6 Å². The summed E-state index contributed by atoms with van der Waals surface area (Å²) in [5.74, 6) is 3.49. The third kappa shape index (κ3) is 9.80. The zero-order valence-corrected chi connectivity index (χ0v) is 35.8. The number of hydrogen-bond donors (Lipinski definition) is 1. The number of imidazole rings is 2. The molecule has 12 nitrogen and oxygen atoms in total. The summed E-state index contributed by atoms with van der Waals surface area (Å²) in [5, 5.41) is 0.727. The fraction of sp³-hybridized carbons (Fsp3) is 0.250. The molecule has 0 aliphatic carbocycles. The summed E-state index contributed by atoms with van der Waals surface area (Å²) in [6.45, 7) is 8.20. The van der Waals surface area contributed by atoms with Crippen molar-refractivity contribution < 1.29 is 56.9 Å². The maximum atomic E-state index is 12.9. The second-order valence-corrected chi connectivity index (χ2v) is 15.1. The number of rotatable bonds is 12. The Labute approximate surface area is 347 Å². The molecule has 0 saturated heterocycles. The molecule has 0 saturated carbocycles. The van der Waals surface area contributed by atoms with Crippen LogP contribution in [0, 0.1) is 27.7 Å². The standard InChI is InChI=1S/C23H23N3O3S.C17H18N3O3S.Na/c1-15-12-24-21(16(2)22(15)28-3)14-30(27)23-25-19-10-9-18(11-20(19)26-23)29-13-17-7-5-4-6-8-17;1-10-8-18-15(11(2)16(10)23-4)9-24(21)17-19-13-6-5-12(22-3)7-14(13)20-17;/h4-12H,13-14H2,1-3H3,(H,25,26);5-8H,9H2,1-4H3;/q;-1;+1. The van der Waals surface area contributed by atoms with Crippen molar-refractivity contribution in [2.24, 2.45) is 0 Å². The largest absolute Gasteiger partial charge is 1.00 e. The summed E-state index contributed by atoms with van der Waals surface area (Å²) in [6, 6.07) is 21.0. The Morgan fingerprint density at radius 2 is 1.31 bits per heavy atom. The molecule has 0 aliphatic rings. The molecule has 7 rings (SSSR count). The van der Waals surface area contributed by atoms with Crippen LogP contribution < -0.4 is 53.5 Å². The van der Waals surface area contributed by atoms with Crippen LogP contribution in [0.2, 0.25) is 0 Å². The fourth-order valence-corrected chi connectivity index (χ4v) is 8.03. The van der Waals surface area contributed by atoms with Gasteiger partial charge in [0.25, 0.3) is 0 Å². The van der Waals surface area contributed by atoms with Gasteiger partial charge in [0.05, 0.1) is 76.9 Å². The minimum atomic E-state index is -1.38. The molecule has 2 unspecified atom stereocenters. The van der Waals surface area contributed by atoms with Gasteiger partial charge >= 0.3 is 29.6 Å². The first-order chi connectivity index (χ1) is 26.1. The van der Waals surface area contributed by atoms with E-state index in [0.717, 1.165) is 67.5 Å². The van der Waals surface area contributed by atoms with Gasteiger partial charge in [0.2, 0.25) is 0 Å². The molecule has 280 valence electrons. The van der Waals surface area contributed by atoms with Crippen LogP contribution in [0.25, 0.3) is 22.1 Å². The minimum Gasteiger partial charge on any atom is -0.497 e. The number of aromatic amines is 1. The molecule has 4 heterocycles. The Morgan fingerprint density at radius 1 is 0.691 bits per heavy atom. The van der Waals surface area contributed by atoms with Crippen molar-refractivity contribution in [3.8, 4) is 23.0 Å². The van der Waals surface area contributed by atoms with E-state index in [1.165, 1.54) is 0 Å². The smallest absolute Gasteiger partial charge is 0.497 e. The van der Waals surface area contributed by atoms with E-state index in [-0.39, 0.29) is 41.1 Å². The van der Waals surface area contributed by atoms with Crippen LogP contribution in [-0.2, 0) is 39.7 Å². The molecule has 2 atom stereocenters. The number of aromatic nitrogens is 6. The first-order valence-corrected chi connectivity index (χ1v) is 19.6. The molecule has 3 aromatic carbocycles. The van der Waals surface area contributed by atoms with Crippen molar-refractivity contribution in [1.29, 1.82) is 0 Å². The van der Waals surface area contributed by atoms with E-state index in [9.17, 15) is 8.42 Å². The summed E-state index contributed by atoms with van der Waals surface area (Å²) in [4.78, 5) is 25.2. The molecular formula is C40H41N6NaO6S2. The first-order valence-electron chi connectivity index (χ1n) is 17.0. The van der Waals surface area contributed by atoms with Crippen molar-refractivity contribution in [3.63, 3.8) is 0 Å². The average molecular weight is 789 g/mol. The Morgan fingerprint density at radius 3 is 1.93 bits per heavy atom. The molecule has 0 amide bonds. The van der Waals surface area contributed by atoms with Gasteiger partial charge in [-0.15, -0.1) is 0 Å². The number of benzene rings is 3. The topological polar surface area (TPSA) is 153 Å². The second kappa shape index (κ2) is 18.8. The van der Waals surface area contributed by atoms with Gasteiger partial charge in [-0.1, -0.05) is 36.4 Å². The van der Waals surface area contributed by atoms with E-state index in [2.05, 4.69) is 29.9 Å². The van der Waals surface area contributed by atoms with Crippen molar-refractivity contribution in [3.05, 3.63) is 118 Å². The maximum absolute atomic E-state index is 12.9. The molecular weight excluding hydrogens is 748 g/mol. The van der Waals surface area contributed by atoms with Gasteiger partial charge in [-0.3, -0.25) is 18.4 Å². The number of fused-ring (bicyclic) bond motifs is 2. The van der Waals surface area contributed by atoms with E-state index in [0.29, 0.717) is 33.7 Å².